The molecule has 0 radical (unpaired) electrons. The first-order chi connectivity index (χ1) is 9.02. The highest BCUT2D eigenvalue weighted by Gasteiger charge is 2.19. The van der Waals surface area contributed by atoms with E-state index >= 15 is 0 Å². The lowest BCUT2D eigenvalue weighted by Crippen LogP contribution is -2.49. The van der Waals surface area contributed by atoms with Crippen LogP contribution in [0.15, 0.2) is 0 Å². The summed E-state index contributed by atoms with van der Waals surface area (Å²) in [4.78, 5) is 25.3. The first kappa shape index (κ1) is 15.9. The molecule has 0 bridgehead atoms. The molecule has 0 aromatic carbocycles. The lowest BCUT2D eigenvalue weighted by Gasteiger charge is -2.29. The number of carbonyl (C=O) groups is 2. The second kappa shape index (κ2) is 8.12. The highest BCUT2D eigenvalue weighted by Crippen LogP contribution is 2.14. The lowest BCUT2D eigenvalue weighted by atomic mass is 9.97. The molecule has 1 rings (SSSR count). The molecule has 6 heteroatoms. The van der Waals surface area contributed by atoms with Gasteiger partial charge in [0.05, 0.1) is 6.04 Å². The summed E-state index contributed by atoms with van der Waals surface area (Å²) >= 11 is 0. The summed E-state index contributed by atoms with van der Waals surface area (Å²) in [6.45, 7) is 7.17. The van der Waals surface area contributed by atoms with Crippen molar-refractivity contribution in [3.63, 3.8) is 0 Å². The van der Waals surface area contributed by atoms with E-state index in [0.29, 0.717) is 12.5 Å². The molecule has 110 valence electrons. The highest BCUT2D eigenvalue weighted by molar-refractivity contribution is 5.96. The number of amides is 3. The minimum atomic E-state index is -0.430. The van der Waals surface area contributed by atoms with E-state index in [2.05, 4.69) is 27.9 Å². The first-order valence-corrected chi connectivity index (χ1v) is 7.03. The molecule has 0 aromatic rings. The number of nitrogens with zero attached hydrogens (tertiary/aromatic N) is 1. The second-order valence-electron chi connectivity index (χ2n) is 5.23. The molecule has 0 aromatic heterocycles. The molecule has 1 saturated heterocycles. The topological polar surface area (TPSA) is 73.5 Å². The molecule has 0 saturated carbocycles. The van der Waals surface area contributed by atoms with Crippen molar-refractivity contribution in [2.24, 2.45) is 5.92 Å². The molecule has 1 fully saturated rings. The number of hydrogen-bond acceptors (Lipinski definition) is 4. The zero-order valence-corrected chi connectivity index (χ0v) is 12.2. The number of likely N-dealkylation sites (tertiary alicyclic amines) is 1. The molecule has 1 atom stereocenters. The molecular formula is C13H26N4O2. The van der Waals surface area contributed by atoms with E-state index < -0.39 is 6.03 Å². The maximum absolute atomic E-state index is 11.7. The van der Waals surface area contributed by atoms with Gasteiger partial charge in [-0.1, -0.05) is 0 Å². The Morgan fingerprint density at radius 2 is 1.95 bits per heavy atom. The van der Waals surface area contributed by atoms with Crippen LogP contribution in [-0.4, -0.2) is 56.1 Å². The van der Waals surface area contributed by atoms with Crippen molar-refractivity contribution >= 4 is 11.9 Å². The van der Waals surface area contributed by atoms with E-state index in [0.717, 1.165) is 32.5 Å². The van der Waals surface area contributed by atoms with Crippen molar-refractivity contribution < 1.29 is 9.59 Å². The highest BCUT2D eigenvalue weighted by atomic mass is 16.2. The summed E-state index contributed by atoms with van der Waals surface area (Å²) < 4.78 is 0. The second-order valence-corrected chi connectivity index (χ2v) is 5.23. The van der Waals surface area contributed by atoms with Gasteiger partial charge in [0, 0.05) is 6.54 Å². The fourth-order valence-corrected chi connectivity index (χ4v) is 2.13. The van der Waals surface area contributed by atoms with Crippen molar-refractivity contribution in [3.05, 3.63) is 0 Å². The minimum absolute atomic E-state index is 0.279. The van der Waals surface area contributed by atoms with E-state index in [-0.39, 0.29) is 11.9 Å². The number of carbonyl (C=O) groups excluding carboxylic acids is 2. The van der Waals surface area contributed by atoms with Crippen LogP contribution in [0.25, 0.3) is 0 Å². The van der Waals surface area contributed by atoms with E-state index in [4.69, 9.17) is 0 Å². The van der Waals surface area contributed by atoms with Crippen LogP contribution in [0.5, 0.6) is 0 Å². The Bertz CT molecular complexity index is 301. The quantitative estimate of drug-likeness (QED) is 0.665. The van der Waals surface area contributed by atoms with Gasteiger partial charge in [-0.05, 0) is 59.3 Å². The molecule has 1 heterocycles. The van der Waals surface area contributed by atoms with Gasteiger partial charge >= 0.3 is 6.03 Å². The molecule has 1 unspecified atom stereocenters. The molecule has 1 aliphatic rings. The third-order valence-corrected chi connectivity index (χ3v) is 3.52. The Morgan fingerprint density at radius 1 is 1.32 bits per heavy atom. The molecule has 3 N–H and O–H groups in total. The van der Waals surface area contributed by atoms with Crippen molar-refractivity contribution in [1.29, 1.82) is 0 Å². The van der Waals surface area contributed by atoms with Gasteiger partial charge in [0.2, 0.25) is 5.91 Å². The predicted octanol–water partition coefficient (Wildman–Crippen LogP) is 0.152. The SMILES string of the molecule is CCNC(=O)NC(=O)C(C)NCC1CCN(C)CC1. The third kappa shape index (κ3) is 6.02. The van der Waals surface area contributed by atoms with E-state index in [1.807, 2.05) is 6.92 Å². The number of piperidine rings is 1. The zero-order valence-electron chi connectivity index (χ0n) is 12.2. The number of rotatable bonds is 5. The summed E-state index contributed by atoms with van der Waals surface area (Å²) in [5.41, 5.74) is 0. The fraction of sp³-hybridized carbons (Fsp3) is 0.846. The smallest absolute Gasteiger partial charge is 0.321 e. The van der Waals surface area contributed by atoms with Crippen molar-refractivity contribution in [2.45, 2.75) is 32.7 Å². The average Bonchev–Trinajstić information content (AvgIpc) is 2.37. The Hall–Kier alpha value is -1.14. The summed E-state index contributed by atoms with van der Waals surface area (Å²) in [6.07, 6.45) is 2.32. The van der Waals surface area contributed by atoms with Gasteiger partial charge in [-0.3, -0.25) is 10.1 Å². The molecule has 19 heavy (non-hydrogen) atoms. The fourth-order valence-electron chi connectivity index (χ4n) is 2.13. The Balaban J connectivity index is 2.21. The lowest BCUT2D eigenvalue weighted by molar-refractivity contribution is -0.121. The van der Waals surface area contributed by atoms with E-state index in [1.165, 1.54) is 0 Å². The summed E-state index contributed by atoms with van der Waals surface area (Å²) in [5, 5.41) is 8.06. The largest absolute Gasteiger partial charge is 0.338 e. The van der Waals surface area contributed by atoms with Crippen LogP contribution in [-0.2, 0) is 4.79 Å². The zero-order chi connectivity index (χ0) is 14.3. The maximum Gasteiger partial charge on any atom is 0.321 e. The molecule has 0 spiro atoms. The van der Waals surface area contributed by atoms with Gasteiger partial charge in [-0.25, -0.2) is 4.79 Å². The van der Waals surface area contributed by atoms with E-state index in [1.54, 1.807) is 6.92 Å². The number of urea groups is 1. The van der Waals surface area contributed by atoms with Crippen LogP contribution in [0, 0.1) is 5.92 Å². The van der Waals surface area contributed by atoms with Crippen LogP contribution >= 0.6 is 0 Å². The number of hydrogen-bond donors (Lipinski definition) is 3. The van der Waals surface area contributed by atoms with Crippen molar-refractivity contribution in [3.8, 4) is 0 Å². The molecule has 6 nitrogen and oxygen atoms in total. The van der Waals surface area contributed by atoms with Gasteiger partial charge < -0.3 is 15.5 Å². The predicted molar refractivity (Wildman–Crippen MR) is 74.9 cm³/mol. The summed E-state index contributed by atoms with van der Waals surface area (Å²) in [7, 11) is 2.13. The minimum Gasteiger partial charge on any atom is -0.338 e. The van der Waals surface area contributed by atoms with Crippen LogP contribution < -0.4 is 16.0 Å². The number of nitrogens with one attached hydrogen (secondary N) is 3. The Kier molecular flexibility index (Phi) is 6.80. The monoisotopic (exact) mass is 270 g/mol. The van der Waals surface area contributed by atoms with Crippen molar-refractivity contribution in [1.82, 2.24) is 20.9 Å². The van der Waals surface area contributed by atoms with Crippen molar-refractivity contribution in [2.75, 3.05) is 33.2 Å². The summed E-state index contributed by atoms with van der Waals surface area (Å²) in [5.74, 6) is 0.342. The van der Waals surface area contributed by atoms with Crippen LogP contribution in [0.2, 0.25) is 0 Å². The molecule has 1 aliphatic heterocycles. The standard InChI is InChI=1S/C13H26N4O2/c1-4-14-13(19)16-12(18)10(2)15-9-11-5-7-17(3)8-6-11/h10-11,15H,4-9H2,1-3H3,(H2,14,16,18,19). The van der Waals surface area contributed by atoms with Crippen LogP contribution in [0.4, 0.5) is 4.79 Å². The normalized spacial score (nSPS) is 18.9. The van der Waals surface area contributed by atoms with E-state index in [9.17, 15) is 9.59 Å². The number of imide groups is 1. The van der Waals surface area contributed by atoms with Gasteiger partial charge in [0.1, 0.15) is 0 Å². The van der Waals surface area contributed by atoms with Gasteiger partial charge in [0.25, 0.3) is 0 Å². The molecule has 0 aliphatic carbocycles. The first-order valence-electron chi connectivity index (χ1n) is 7.03. The van der Waals surface area contributed by atoms with Gasteiger partial charge in [0.15, 0.2) is 0 Å². The van der Waals surface area contributed by atoms with Crippen LogP contribution in [0.3, 0.4) is 0 Å². The molecular weight excluding hydrogens is 244 g/mol. The summed E-state index contributed by atoms with van der Waals surface area (Å²) in [6, 6.07) is -0.775. The Labute approximate surface area is 115 Å². The Morgan fingerprint density at radius 3 is 2.53 bits per heavy atom. The van der Waals surface area contributed by atoms with Crippen LogP contribution in [0.1, 0.15) is 26.7 Å². The maximum atomic E-state index is 11.7. The third-order valence-electron chi connectivity index (χ3n) is 3.52. The van der Waals surface area contributed by atoms with Gasteiger partial charge in [-0.2, -0.15) is 0 Å². The molecule has 3 amide bonds. The average molecular weight is 270 g/mol. The van der Waals surface area contributed by atoms with Gasteiger partial charge in [-0.15, -0.1) is 0 Å².